The molecule has 20 heavy (non-hydrogen) atoms. The quantitative estimate of drug-likeness (QED) is 0.780. The average molecular weight is 271 g/mol. The molecule has 0 aliphatic rings. The molecular weight excluding hydrogens is 254 g/mol. The Morgan fingerprint density at radius 1 is 1.30 bits per heavy atom. The third-order valence-electron chi connectivity index (χ3n) is 3.47. The Labute approximate surface area is 116 Å². The molecular formula is C14H17N5O. The van der Waals surface area contributed by atoms with E-state index in [9.17, 15) is 5.11 Å². The van der Waals surface area contributed by atoms with E-state index >= 15 is 0 Å². The van der Waals surface area contributed by atoms with Gasteiger partial charge in [-0.05, 0) is 13.0 Å². The monoisotopic (exact) mass is 271 g/mol. The van der Waals surface area contributed by atoms with Crippen LogP contribution in [0.1, 0.15) is 24.5 Å². The summed E-state index contributed by atoms with van der Waals surface area (Å²) in [4.78, 5) is 4.20. The van der Waals surface area contributed by atoms with Gasteiger partial charge in [0, 0.05) is 25.4 Å². The van der Waals surface area contributed by atoms with E-state index in [1.165, 1.54) is 6.33 Å². The second kappa shape index (κ2) is 5.05. The number of aromatic nitrogens is 5. The van der Waals surface area contributed by atoms with Gasteiger partial charge in [0.15, 0.2) is 0 Å². The van der Waals surface area contributed by atoms with Gasteiger partial charge >= 0.3 is 0 Å². The van der Waals surface area contributed by atoms with Gasteiger partial charge in [0.25, 0.3) is 0 Å². The number of nitrogens with zero attached hydrogens (tertiary/aromatic N) is 5. The van der Waals surface area contributed by atoms with Crippen LogP contribution in [-0.2, 0) is 20.0 Å². The second-order valence-electron chi connectivity index (χ2n) is 4.74. The molecule has 0 saturated heterocycles. The standard InChI is InChI=1S/C14H17N5O/c1-3-19-13(15-9-16-19)8-12(20)14-10-6-4-5-7-11(10)18(2)17-14/h4-7,9,12,20H,3,8H2,1-2H3. The molecule has 0 spiro atoms. The van der Waals surface area contributed by atoms with Crippen LogP contribution in [-0.4, -0.2) is 29.7 Å². The highest BCUT2D eigenvalue weighted by molar-refractivity contribution is 5.82. The van der Waals surface area contributed by atoms with Crippen LogP contribution in [0, 0.1) is 0 Å². The third kappa shape index (κ3) is 2.08. The van der Waals surface area contributed by atoms with Gasteiger partial charge in [-0.15, -0.1) is 0 Å². The Morgan fingerprint density at radius 3 is 2.90 bits per heavy atom. The van der Waals surface area contributed by atoms with Gasteiger partial charge in [-0.2, -0.15) is 10.2 Å². The van der Waals surface area contributed by atoms with E-state index in [4.69, 9.17) is 0 Å². The smallest absolute Gasteiger partial charge is 0.138 e. The number of benzene rings is 1. The Bertz CT molecular complexity index is 730. The molecule has 0 radical (unpaired) electrons. The Kier molecular flexibility index (Phi) is 3.23. The topological polar surface area (TPSA) is 68.8 Å². The van der Waals surface area contributed by atoms with E-state index in [1.807, 2.05) is 38.2 Å². The highest BCUT2D eigenvalue weighted by Crippen LogP contribution is 2.25. The first-order valence-electron chi connectivity index (χ1n) is 6.67. The Hall–Kier alpha value is -2.21. The minimum absolute atomic E-state index is 0.412. The maximum Gasteiger partial charge on any atom is 0.138 e. The summed E-state index contributed by atoms with van der Waals surface area (Å²) in [7, 11) is 1.88. The molecule has 1 unspecified atom stereocenters. The van der Waals surface area contributed by atoms with E-state index in [-0.39, 0.29) is 0 Å². The van der Waals surface area contributed by atoms with E-state index in [0.717, 1.165) is 23.3 Å². The van der Waals surface area contributed by atoms with E-state index in [0.29, 0.717) is 12.1 Å². The zero-order chi connectivity index (χ0) is 14.1. The van der Waals surface area contributed by atoms with Gasteiger partial charge < -0.3 is 5.11 Å². The molecule has 3 rings (SSSR count). The lowest BCUT2D eigenvalue weighted by molar-refractivity contribution is 0.170. The van der Waals surface area contributed by atoms with E-state index in [2.05, 4.69) is 15.2 Å². The first kappa shape index (κ1) is 12.8. The van der Waals surface area contributed by atoms with Crippen molar-refractivity contribution in [3.05, 3.63) is 42.1 Å². The molecule has 2 aromatic heterocycles. The maximum atomic E-state index is 10.5. The number of hydrogen-bond donors (Lipinski definition) is 1. The number of aryl methyl sites for hydroxylation is 2. The summed E-state index contributed by atoms with van der Waals surface area (Å²) >= 11 is 0. The number of aliphatic hydroxyl groups is 1. The molecule has 3 aromatic rings. The molecule has 2 heterocycles. The van der Waals surface area contributed by atoms with E-state index < -0.39 is 6.10 Å². The fourth-order valence-corrected chi connectivity index (χ4v) is 2.47. The summed E-state index contributed by atoms with van der Waals surface area (Å²) in [5, 5.41) is 20.0. The van der Waals surface area contributed by atoms with Gasteiger partial charge in [0.2, 0.25) is 0 Å². The molecule has 1 aromatic carbocycles. The zero-order valence-corrected chi connectivity index (χ0v) is 11.6. The molecule has 6 heteroatoms. The molecule has 0 amide bonds. The number of para-hydroxylation sites is 1. The molecule has 1 N–H and O–H groups in total. The van der Waals surface area contributed by atoms with Crippen molar-refractivity contribution < 1.29 is 5.11 Å². The number of hydrogen-bond acceptors (Lipinski definition) is 4. The van der Waals surface area contributed by atoms with Crippen molar-refractivity contribution in [1.29, 1.82) is 0 Å². The fraction of sp³-hybridized carbons (Fsp3) is 0.357. The summed E-state index contributed by atoms with van der Waals surface area (Å²) < 4.78 is 3.58. The predicted molar refractivity (Wildman–Crippen MR) is 75.1 cm³/mol. The van der Waals surface area contributed by atoms with Crippen LogP contribution in [0.4, 0.5) is 0 Å². The molecule has 0 aliphatic carbocycles. The van der Waals surface area contributed by atoms with Crippen LogP contribution in [0.3, 0.4) is 0 Å². The van der Waals surface area contributed by atoms with Gasteiger partial charge in [0.05, 0.1) is 11.2 Å². The predicted octanol–water partition coefficient (Wildman–Crippen LogP) is 1.46. The molecule has 0 saturated carbocycles. The summed E-state index contributed by atoms with van der Waals surface area (Å²) in [5.41, 5.74) is 1.70. The molecule has 104 valence electrons. The van der Waals surface area contributed by atoms with Crippen LogP contribution in [0.5, 0.6) is 0 Å². The summed E-state index contributed by atoms with van der Waals surface area (Å²) in [6.45, 7) is 2.74. The van der Waals surface area contributed by atoms with Gasteiger partial charge in [-0.3, -0.25) is 9.36 Å². The van der Waals surface area contributed by atoms with Crippen LogP contribution >= 0.6 is 0 Å². The van der Waals surface area contributed by atoms with Crippen LogP contribution in [0.15, 0.2) is 30.6 Å². The van der Waals surface area contributed by atoms with Crippen molar-refractivity contribution in [2.75, 3.05) is 0 Å². The summed E-state index contributed by atoms with van der Waals surface area (Å²) in [5.74, 6) is 0.773. The Balaban J connectivity index is 1.95. The first-order chi connectivity index (χ1) is 9.70. The lowest BCUT2D eigenvalue weighted by Crippen LogP contribution is -2.10. The number of aliphatic hydroxyl groups excluding tert-OH is 1. The molecule has 1 atom stereocenters. The lowest BCUT2D eigenvalue weighted by Gasteiger charge is -2.08. The SMILES string of the molecule is CCn1ncnc1CC(O)c1nn(C)c2ccccc12. The second-order valence-corrected chi connectivity index (χ2v) is 4.74. The highest BCUT2D eigenvalue weighted by Gasteiger charge is 2.19. The maximum absolute atomic E-state index is 10.5. The van der Waals surface area contributed by atoms with Crippen LogP contribution in [0.2, 0.25) is 0 Å². The van der Waals surface area contributed by atoms with Crippen molar-refractivity contribution in [3.63, 3.8) is 0 Å². The van der Waals surface area contributed by atoms with Crippen molar-refractivity contribution in [2.45, 2.75) is 26.0 Å². The van der Waals surface area contributed by atoms with Crippen LogP contribution in [0.25, 0.3) is 10.9 Å². The third-order valence-corrected chi connectivity index (χ3v) is 3.47. The highest BCUT2D eigenvalue weighted by atomic mass is 16.3. The normalized spacial score (nSPS) is 12.9. The minimum atomic E-state index is -0.685. The summed E-state index contributed by atoms with van der Waals surface area (Å²) in [6.07, 6.45) is 1.24. The fourth-order valence-electron chi connectivity index (χ4n) is 2.47. The van der Waals surface area contributed by atoms with Gasteiger partial charge in [0.1, 0.15) is 18.3 Å². The first-order valence-corrected chi connectivity index (χ1v) is 6.67. The summed E-state index contributed by atoms with van der Waals surface area (Å²) in [6, 6.07) is 7.89. The van der Waals surface area contributed by atoms with Crippen molar-refractivity contribution >= 4 is 10.9 Å². The van der Waals surface area contributed by atoms with Crippen molar-refractivity contribution in [2.24, 2.45) is 7.05 Å². The molecule has 6 nitrogen and oxygen atoms in total. The molecule has 0 fully saturated rings. The van der Waals surface area contributed by atoms with Gasteiger partial charge in [-0.25, -0.2) is 4.98 Å². The molecule has 0 aliphatic heterocycles. The average Bonchev–Trinajstić information content (AvgIpc) is 3.04. The van der Waals surface area contributed by atoms with E-state index in [1.54, 1.807) is 9.36 Å². The van der Waals surface area contributed by atoms with Crippen LogP contribution < -0.4 is 0 Å². The number of fused-ring (bicyclic) bond motifs is 1. The number of rotatable bonds is 4. The molecule has 0 bridgehead atoms. The largest absolute Gasteiger partial charge is 0.386 e. The zero-order valence-electron chi connectivity index (χ0n) is 11.6. The van der Waals surface area contributed by atoms with Crippen molar-refractivity contribution in [1.82, 2.24) is 24.5 Å². The lowest BCUT2D eigenvalue weighted by atomic mass is 10.1. The van der Waals surface area contributed by atoms with Crippen molar-refractivity contribution in [3.8, 4) is 0 Å². The Morgan fingerprint density at radius 2 is 2.10 bits per heavy atom. The van der Waals surface area contributed by atoms with Gasteiger partial charge in [-0.1, -0.05) is 18.2 Å². The minimum Gasteiger partial charge on any atom is -0.386 e.